The van der Waals surface area contributed by atoms with E-state index >= 15 is 0 Å². The van der Waals surface area contributed by atoms with Crippen LogP contribution in [-0.2, 0) is 9.59 Å². The molecule has 0 aliphatic carbocycles. The Labute approximate surface area is 165 Å². The van der Waals surface area contributed by atoms with Crippen LogP contribution in [0.3, 0.4) is 0 Å². The second-order valence-corrected chi connectivity index (χ2v) is 6.37. The van der Waals surface area contributed by atoms with Crippen LogP contribution in [0.15, 0.2) is 54.6 Å². The number of nitrogens with one attached hydrogen (secondary N) is 2. The molecule has 0 saturated heterocycles. The van der Waals surface area contributed by atoms with E-state index in [1.807, 2.05) is 54.6 Å². The Morgan fingerprint density at radius 1 is 0.929 bits per heavy atom. The van der Waals surface area contributed by atoms with Gasteiger partial charge in [0, 0.05) is 0 Å². The van der Waals surface area contributed by atoms with Crippen LogP contribution >= 0.6 is 0 Å². The largest absolute Gasteiger partial charge is 0.457 e. The first-order valence-electron chi connectivity index (χ1n) is 9.41. The van der Waals surface area contributed by atoms with Crippen LogP contribution in [0.1, 0.15) is 30.9 Å². The molecule has 2 aromatic rings. The molecule has 0 aliphatic rings. The Bertz CT molecular complexity index is 752. The van der Waals surface area contributed by atoms with E-state index in [-0.39, 0.29) is 30.9 Å². The van der Waals surface area contributed by atoms with Crippen molar-refractivity contribution in [1.29, 1.82) is 0 Å². The van der Waals surface area contributed by atoms with Gasteiger partial charge >= 0.3 is 0 Å². The molecular formula is C21H28N4O3. The highest BCUT2D eigenvalue weighted by molar-refractivity contribution is 5.85. The van der Waals surface area contributed by atoms with Crippen molar-refractivity contribution in [3.8, 4) is 11.5 Å². The predicted molar refractivity (Wildman–Crippen MR) is 109 cm³/mol. The molecule has 150 valence electrons. The van der Waals surface area contributed by atoms with Crippen molar-refractivity contribution in [2.75, 3.05) is 19.6 Å². The third kappa shape index (κ3) is 7.38. The molecule has 1 atom stereocenters. The monoisotopic (exact) mass is 384 g/mol. The highest BCUT2D eigenvalue weighted by atomic mass is 16.5. The summed E-state index contributed by atoms with van der Waals surface area (Å²) in [4.78, 5) is 23.5. The number of rotatable bonds is 11. The summed E-state index contributed by atoms with van der Waals surface area (Å²) in [6.45, 7) is 0.347. The third-order valence-electron chi connectivity index (χ3n) is 4.15. The zero-order chi connectivity index (χ0) is 20.2. The van der Waals surface area contributed by atoms with Crippen LogP contribution in [0.5, 0.6) is 11.5 Å². The van der Waals surface area contributed by atoms with E-state index in [1.165, 1.54) is 0 Å². The SMILES string of the molecule is NCCCCC(NC(=O)CNC(=O)CN)c1cccc(Oc2ccccc2)c1. The number of unbranched alkanes of at least 4 members (excludes halogenated alkanes) is 1. The molecule has 0 aliphatic heterocycles. The van der Waals surface area contributed by atoms with E-state index in [0.717, 1.165) is 30.6 Å². The molecule has 7 nitrogen and oxygen atoms in total. The van der Waals surface area contributed by atoms with Gasteiger partial charge in [0.15, 0.2) is 0 Å². The molecule has 28 heavy (non-hydrogen) atoms. The van der Waals surface area contributed by atoms with Gasteiger partial charge in [-0.3, -0.25) is 9.59 Å². The average Bonchev–Trinajstić information content (AvgIpc) is 2.72. The van der Waals surface area contributed by atoms with E-state index in [9.17, 15) is 9.59 Å². The number of carbonyl (C=O) groups excluding carboxylic acids is 2. The molecule has 0 fully saturated rings. The fourth-order valence-electron chi connectivity index (χ4n) is 2.73. The van der Waals surface area contributed by atoms with Gasteiger partial charge in [-0.05, 0) is 55.6 Å². The molecule has 0 heterocycles. The fourth-order valence-corrected chi connectivity index (χ4v) is 2.73. The third-order valence-corrected chi connectivity index (χ3v) is 4.15. The summed E-state index contributed by atoms with van der Waals surface area (Å²) in [5, 5.41) is 5.45. The minimum absolute atomic E-state index is 0.108. The predicted octanol–water partition coefficient (Wildman–Crippen LogP) is 1.84. The molecule has 0 aromatic heterocycles. The minimum atomic E-state index is -0.368. The molecule has 6 N–H and O–H groups in total. The maximum atomic E-state index is 12.2. The summed E-state index contributed by atoms with van der Waals surface area (Å²) in [6.07, 6.45) is 2.49. The standard InChI is InChI=1S/C21H28N4O3/c22-12-5-4-11-19(25-21(27)15-24-20(26)14-23)16-7-6-10-18(13-16)28-17-8-2-1-3-9-17/h1-3,6-10,13,19H,4-5,11-12,14-15,22-23H2,(H,24,26)(H,25,27). The lowest BCUT2D eigenvalue weighted by Crippen LogP contribution is -2.40. The quantitative estimate of drug-likeness (QED) is 0.441. The van der Waals surface area contributed by atoms with Crippen molar-refractivity contribution in [3.63, 3.8) is 0 Å². The zero-order valence-electron chi connectivity index (χ0n) is 15.9. The minimum Gasteiger partial charge on any atom is -0.457 e. The molecule has 7 heteroatoms. The van der Waals surface area contributed by atoms with E-state index in [2.05, 4.69) is 10.6 Å². The fraction of sp³-hybridized carbons (Fsp3) is 0.333. The number of hydrogen-bond donors (Lipinski definition) is 4. The first kappa shape index (κ1) is 21.4. The van der Waals surface area contributed by atoms with Crippen molar-refractivity contribution in [3.05, 3.63) is 60.2 Å². The van der Waals surface area contributed by atoms with Crippen molar-refractivity contribution in [2.24, 2.45) is 11.5 Å². The Morgan fingerprint density at radius 2 is 1.68 bits per heavy atom. The van der Waals surface area contributed by atoms with Crippen LogP contribution in [-0.4, -0.2) is 31.4 Å². The molecule has 1 unspecified atom stereocenters. The zero-order valence-corrected chi connectivity index (χ0v) is 15.9. The van der Waals surface area contributed by atoms with Gasteiger partial charge in [-0.15, -0.1) is 0 Å². The average molecular weight is 384 g/mol. The van der Waals surface area contributed by atoms with Gasteiger partial charge in [0.1, 0.15) is 11.5 Å². The van der Waals surface area contributed by atoms with Gasteiger partial charge in [-0.2, -0.15) is 0 Å². The topological polar surface area (TPSA) is 119 Å². The highest BCUT2D eigenvalue weighted by Crippen LogP contribution is 2.26. The summed E-state index contributed by atoms with van der Waals surface area (Å²) < 4.78 is 5.89. The number of para-hydroxylation sites is 1. The molecule has 2 aromatic carbocycles. The highest BCUT2D eigenvalue weighted by Gasteiger charge is 2.16. The number of benzene rings is 2. The summed E-state index contributed by atoms with van der Waals surface area (Å²) in [5.74, 6) is 0.799. The molecule has 2 rings (SSSR count). The van der Waals surface area contributed by atoms with Crippen LogP contribution in [0, 0.1) is 0 Å². The Hall–Kier alpha value is -2.90. The normalized spacial score (nSPS) is 11.5. The molecule has 0 bridgehead atoms. The van der Waals surface area contributed by atoms with Crippen LogP contribution in [0.25, 0.3) is 0 Å². The van der Waals surface area contributed by atoms with Crippen molar-refractivity contribution in [2.45, 2.75) is 25.3 Å². The van der Waals surface area contributed by atoms with Crippen LogP contribution in [0.4, 0.5) is 0 Å². The van der Waals surface area contributed by atoms with Gasteiger partial charge in [0.05, 0.1) is 19.1 Å². The summed E-state index contributed by atoms with van der Waals surface area (Å²) in [7, 11) is 0. The number of amides is 2. The summed E-state index contributed by atoms with van der Waals surface area (Å²) in [5.41, 5.74) is 11.8. The maximum Gasteiger partial charge on any atom is 0.239 e. The number of hydrogen-bond acceptors (Lipinski definition) is 5. The lowest BCUT2D eigenvalue weighted by molar-refractivity contribution is -0.125. The van der Waals surface area contributed by atoms with E-state index in [0.29, 0.717) is 12.3 Å². The van der Waals surface area contributed by atoms with Gasteiger partial charge in [-0.25, -0.2) is 0 Å². The van der Waals surface area contributed by atoms with E-state index in [1.54, 1.807) is 0 Å². The van der Waals surface area contributed by atoms with Gasteiger partial charge in [-0.1, -0.05) is 30.3 Å². The van der Waals surface area contributed by atoms with Crippen LogP contribution in [0.2, 0.25) is 0 Å². The van der Waals surface area contributed by atoms with Gasteiger partial charge in [0.2, 0.25) is 11.8 Å². The van der Waals surface area contributed by atoms with Crippen molar-refractivity contribution in [1.82, 2.24) is 10.6 Å². The summed E-state index contributed by atoms with van der Waals surface area (Å²) in [6, 6.07) is 16.9. The first-order chi connectivity index (χ1) is 13.6. The molecule has 0 radical (unpaired) electrons. The number of nitrogens with two attached hydrogens (primary N) is 2. The van der Waals surface area contributed by atoms with Gasteiger partial charge < -0.3 is 26.8 Å². The number of carbonyl (C=O) groups is 2. The Morgan fingerprint density at radius 3 is 2.39 bits per heavy atom. The second kappa shape index (κ2) is 11.7. The molecule has 0 spiro atoms. The van der Waals surface area contributed by atoms with Gasteiger partial charge in [0.25, 0.3) is 0 Å². The summed E-state index contributed by atoms with van der Waals surface area (Å²) >= 11 is 0. The molecule has 0 saturated carbocycles. The van der Waals surface area contributed by atoms with Crippen molar-refractivity contribution < 1.29 is 14.3 Å². The van der Waals surface area contributed by atoms with Crippen molar-refractivity contribution >= 4 is 11.8 Å². The molecular weight excluding hydrogens is 356 g/mol. The Kier molecular flexibility index (Phi) is 8.97. The molecule has 2 amide bonds. The van der Waals surface area contributed by atoms with Crippen LogP contribution < -0.4 is 26.8 Å². The smallest absolute Gasteiger partial charge is 0.239 e. The lowest BCUT2D eigenvalue weighted by atomic mass is 10.0. The lowest BCUT2D eigenvalue weighted by Gasteiger charge is -2.20. The first-order valence-corrected chi connectivity index (χ1v) is 9.41. The Balaban J connectivity index is 2.07. The second-order valence-electron chi connectivity index (χ2n) is 6.37. The number of ether oxygens (including phenoxy) is 1. The maximum absolute atomic E-state index is 12.2. The van der Waals surface area contributed by atoms with E-state index < -0.39 is 0 Å². The van der Waals surface area contributed by atoms with E-state index in [4.69, 9.17) is 16.2 Å².